The smallest absolute Gasteiger partial charge is 0.237 e. The van der Waals surface area contributed by atoms with Crippen LogP contribution in [0, 0.1) is 0 Å². The van der Waals surface area contributed by atoms with Gasteiger partial charge in [-0.15, -0.1) is 0 Å². The third-order valence-corrected chi connectivity index (χ3v) is 5.88. The van der Waals surface area contributed by atoms with Gasteiger partial charge >= 0.3 is 0 Å². The molecule has 3 fully saturated rings. The van der Waals surface area contributed by atoms with Crippen molar-refractivity contribution >= 4 is 5.91 Å². The monoisotopic (exact) mass is 332 g/mol. The SMILES string of the molecule is O=C(CN1CCC[C@H](c2ccn[nH]2)C1)N1CCO[C@H]2CCCC[C@H]21. The highest BCUT2D eigenvalue weighted by molar-refractivity contribution is 5.78. The van der Waals surface area contributed by atoms with Gasteiger partial charge in [0.05, 0.1) is 25.3 Å². The number of aromatic amines is 1. The van der Waals surface area contributed by atoms with E-state index in [1.807, 2.05) is 6.20 Å². The molecule has 0 aromatic carbocycles. The number of aromatic nitrogens is 2. The van der Waals surface area contributed by atoms with Gasteiger partial charge in [0.2, 0.25) is 5.91 Å². The van der Waals surface area contributed by atoms with Crippen LogP contribution in [-0.2, 0) is 9.53 Å². The maximum Gasteiger partial charge on any atom is 0.237 e. The third kappa shape index (κ3) is 3.35. The largest absolute Gasteiger partial charge is 0.374 e. The Kier molecular flexibility index (Phi) is 4.85. The predicted molar refractivity (Wildman–Crippen MR) is 90.7 cm³/mol. The zero-order chi connectivity index (χ0) is 16.4. The molecule has 3 aliphatic rings. The molecular weight excluding hydrogens is 304 g/mol. The average Bonchev–Trinajstić information content (AvgIpc) is 3.16. The summed E-state index contributed by atoms with van der Waals surface area (Å²) in [4.78, 5) is 17.4. The van der Waals surface area contributed by atoms with E-state index in [-0.39, 0.29) is 6.10 Å². The molecule has 1 aromatic rings. The number of piperidine rings is 1. The second kappa shape index (κ2) is 7.23. The summed E-state index contributed by atoms with van der Waals surface area (Å²) in [5.74, 6) is 0.765. The predicted octanol–water partition coefficient (Wildman–Crippen LogP) is 1.76. The number of H-pyrrole nitrogens is 1. The fraction of sp³-hybridized carbons (Fsp3) is 0.778. The Morgan fingerprint density at radius 2 is 2.17 bits per heavy atom. The van der Waals surface area contributed by atoms with Crippen molar-refractivity contribution in [3.8, 4) is 0 Å². The number of hydrogen-bond acceptors (Lipinski definition) is 4. The van der Waals surface area contributed by atoms with Crippen LogP contribution in [0.25, 0.3) is 0 Å². The molecule has 3 atom stereocenters. The summed E-state index contributed by atoms with van der Waals surface area (Å²) in [5, 5.41) is 7.16. The molecule has 1 aromatic heterocycles. The molecule has 1 aliphatic carbocycles. The van der Waals surface area contributed by atoms with E-state index in [9.17, 15) is 4.79 Å². The number of carbonyl (C=O) groups is 1. The van der Waals surface area contributed by atoms with E-state index >= 15 is 0 Å². The molecule has 4 rings (SSSR count). The molecule has 0 spiro atoms. The highest BCUT2D eigenvalue weighted by Crippen LogP contribution is 2.29. The van der Waals surface area contributed by atoms with Gasteiger partial charge in [0, 0.05) is 30.9 Å². The minimum Gasteiger partial charge on any atom is -0.374 e. The van der Waals surface area contributed by atoms with Crippen LogP contribution in [-0.4, -0.2) is 70.8 Å². The first-order chi connectivity index (χ1) is 11.8. The van der Waals surface area contributed by atoms with Gasteiger partial charge in [-0.3, -0.25) is 14.8 Å². The normalized spacial score (nSPS) is 31.7. The Morgan fingerprint density at radius 3 is 3.04 bits per heavy atom. The lowest BCUT2D eigenvalue weighted by atomic mass is 9.90. The van der Waals surface area contributed by atoms with Gasteiger partial charge in [0.1, 0.15) is 0 Å². The van der Waals surface area contributed by atoms with E-state index < -0.39 is 0 Å². The molecule has 0 bridgehead atoms. The van der Waals surface area contributed by atoms with Crippen molar-refractivity contribution in [2.75, 3.05) is 32.8 Å². The molecule has 1 N–H and O–H groups in total. The van der Waals surface area contributed by atoms with Crippen LogP contribution < -0.4 is 0 Å². The minimum atomic E-state index is 0.274. The first kappa shape index (κ1) is 16.1. The Hall–Kier alpha value is -1.40. The van der Waals surface area contributed by atoms with Crippen molar-refractivity contribution in [1.29, 1.82) is 0 Å². The summed E-state index contributed by atoms with van der Waals surface area (Å²) in [5.41, 5.74) is 1.20. The summed E-state index contributed by atoms with van der Waals surface area (Å²) < 4.78 is 5.90. The summed E-state index contributed by atoms with van der Waals surface area (Å²) in [6.07, 6.45) is 9.09. The fourth-order valence-electron chi connectivity index (χ4n) is 4.64. The summed E-state index contributed by atoms with van der Waals surface area (Å²) in [6, 6.07) is 2.37. The lowest BCUT2D eigenvalue weighted by Crippen LogP contribution is -2.57. The Morgan fingerprint density at radius 1 is 1.25 bits per heavy atom. The summed E-state index contributed by atoms with van der Waals surface area (Å²) >= 11 is 0. The van der Waals surface area contributed by atoms with Gasteiger partial charge in [0.15, 0.2) is 0 Å². The highest BCUT2D eigenvalue weighted by Gasteiger charge is 2.37. The zero-order valence-electron chi connectivity index (χ0n) is 14.3. The lowest BCUT2D eigenvalue weighted by Gasteiger charge is -2.44. The van der Waals surface area contributed by atoms with Crippen LogP contribution in [0.2, 0.25) is 0 Å². The summed E-state index contributed by atoms with van der Waals surface area (Å²) in [7, 11) is 0. The Bertz CT molecular complexity index is 545. The van der Waals surface area contributed by atoms with Crippen molar-refractivity contribution in [2.24, 2.45) is 0 Å². The van der Waals surface area contributed by atoms with E-state index in [0.717, 1.165) is 38.9 Å². The fourth-order valence-corrected chi connectivity index (χ4v) is 4.64. The Labute approximate surface area is 143 Å². The van der Waals surface area contributed by atoms with E-state index in [2.05, 4.69) is 26.1 Å². The van der Waals surface area contributed by atoms with Crippen molar-refractivity contribution in [3.05, 3.63) is 18.0 Å². The molecule has 24 heavy (non-hydrogen) atoms. The number of hydrogen-bond donors (Lipinski definition) is 1. The molecule has 6 nitrogen and oxygen atoms in total. The van der Waals surface area contributed by atoms with Gasteiger partial charge in [-0.1, -0.05) is 12.8 Å². The number of amides is 1. The molecule has 1 amide bonds. The number of rotatable bonds is 3. The van der Waals surface area contributed by atoms with Gasteiger partial charge in [0.25, 0.3) is 0 Å². The molecule has 0 radical (unpaired) electrons. The van der Waals surface area contributed by atoms with E-state index in [1.165, 1.54) is 25.0 Å². The molecular formula is C18H28N4O2. The molecule has 132 valence electrons. The highest BCUT2D eigenvalue weighted by atomic mass is 16.5. The molecule has 6 heteroatoms. The lowest BCUT2D eigenvalue weighted by molar-refractivity contribution is -0.150. The van der Waals surface area contributed by atoms with Crippen LogP contribution in [0.5, 0.6) is 0 Å². The van der Waals surface area contributed by atoms with Gasteiger partial charge < -0.3 is 9.64 Å². The van der Waals surface area contributed by atoms with Crippen LogP contribution in [0.3, 0.4) is 0 Å². The van der Waals surface area contributed by atoms with Gasteiger partial charge in [-0.25, -0.2) is 0 Å². The number of carbonyl (C=O) groups excluding carboxylic acids is 1. The maximum absolute atomic E-state index is 12.9. The van der Waals surface area contributed by atoms with Crippen molar-refractivity contribution in [1.82, 2.24) is 20.0 Å². The number of nitrogens with zero attached hydrogens (tertiary/aromatic N) is 3. The van der Waals surface area contributed by atoms with Crippen LogP contribution >= 0.6 is 0 Å². The molecule has 2 saturated heterocycles. The van der Waals surface area contributed by atoms with Gasteiger partial charge in [-0.2, -0.15) is 5.10 Å². The molecule has 1 saturated carbocycles. The second-order valence-corrected chi connectivity index (χ2v) is 7.43. The van der Waals surface area contributed by atoms with Crippen LogP contribution in [0.15, 0.2) is 12.3 Å². The average molecular weight is 332 g/mol. The van der Waals surface area contributed by atoms with Crippen molar-refractivity contribution < 1.29 is 9.53 Å². The van der Waals surface area contributed by atoms with Crippen LogP contribution in [0.4, 0.5) is 0 Å². The minimum absolute atomic E-state index is 0.274. The standard InChI is InChI=1S/C18H28N4O2/c23-18(22-10-11-24-17-6-2-1-5-16(17)22)13-21-9-3-4-14(12-21)15-7-8-19-20-15/h7-8,14,16-17H,1-6,9-13H2,(H,19,20)/t14-,16+,17-/m0/s1. The quantitative estimate of drug-likeness (QED) is 0.916. The van der Waals surface area contributed by atoms with E-state index in [4.69, 9.17) is 4.74 Å². The number of morpholine rings is 1. The number of fused-ring (bicyclic) bond motifs is 1. The van der Waals surface area contributed by atoms with E-state index in [0.29, 0.717) is 31.0 Å². The van der Waals surface area contributed by atoms with Gasteiger partial charge in [-0.05, 0) is 38.3 Å². The molecule has 0 unspecified atom stereocenters. The van der Waals surface area contributed by atoms with Crippen molar-refractivity contribution in [2.45, 2.75) is 56.6 Å². The number of nitrogens with one attached hydrogen (secondary N) is 1. The number of likely N-dealkylation sites (tertiary alicyclic amines) is 1. The first-order valence-electron chi connectivity index (χ1n) is 9.44. The first-order valence-corrected chi connectivity index (χ1v) is 9.44. The zero-order valence-corrected chi connectivity index (χ0v) is 14.3. The molecule has 2 aliphatic heterocycles. The van der Waals surface area contributed by atoms with E-state index in [1.54, 1.807) is 0 Å². The molecule has 3 heterocycles. The maximum atomic E-state index is 12.9. The summed E-state index contributed by atoms with van der Waals surface area (Å²) in [6.45, 7) is 3.98. The van der Waals surface area contributed by atoms with Crippen LogP contribution in [0.1, 0.15) is 50.1 Å². The third-order valence-electron chi connectivity index (χ3n) is 5.88. The second-order valence-electron chi connectivity index (χ2n) is 7.43. The number of ether oxygens (including phenoxy) is 1. The topological polar surface area (TPSA) is 61.5 Å². The Balaban J connectivity index is 1.36. The van der Waals surface area contributed by atoms with Crippen molar-refractivity contribution in [3.63, 3.8) is 0 Å².